The van der Waals surface area contributed by atoms with E-state index in [-0.39, 0.29) is 31.1 Å². The van der Waals surface area contributed by atoms with Gasteiger partial charge in [0.15, 0.2) is 5.76 Å². The lowest BCUT2D eigenvalue weighted by Crippen LogP contribution is -2.60. The molecule has 9 nitrogen and oxygen atoms in total. The molecule has 2 aliphatic rings. The van der Waals surface area contributed by atoms with E-state index in [9.17, 15) is 19.5 Å². The van der Waals surface area contributed by atoms with E-state index in [0.717, 1.165) is 0 Å². The predicted octanol–water partition coefficient (Wildman–Crippen LogP) is 0.512. The van der Waals surface area contributed by atoms with Crippen molar-refractivity contribution in [2.75, 3.05) is 26.8 Å². The summed E-state index contributed by atoms with van der Waals surface area (Å²) in [5.74, 6) is -1.51. The molecule has 2 saturated heterocycles. The number of ether oxygens (including phenoxy) is 2. The molecule has 0 unspecified atom stereocenters. The van der Waals surface area contributed by atoms with Crippen LogP contribution in [0.2, 0.25) is 0 Å². The van der Waals surface area contributed by atoms with Crippen LogP contribution in [0.15, 0.2) is 47.1 Å². The van der Waals surface area contributed by atoms with Crippen molar-refractivity contribution < 1.29 is 33.4 Å². The summed E-state index contributed by atoms with van der Waals surface area (Å²) in [6, 6.07) is 8.68. The van der Waals surface area contributed by atoms with Gasteiger partial charge < -0.3 is 28.7 Å². The summed E-state index contributed by atoms with van der Waals surface area (Å²) in [6.07, 6.45) is 1.90. The zero-order valence-corrected chi connectivity index (χ0v) is 16.4. The second kappa shape index (κ2) is 7.83. The summed E-state index contributed by atoms with van der Waals surface area (Å²) in [5.41, 5.74) is -0.631. The van der Waals surface area contributed by atoms with Gasteiger partial charge >= 0.3 is 0 Å². The molecule has 2 aromatic rings. The first-order valence-electron chi connectivity index (χ1n) is 9.60. The molecule has 1 atom stereocenters. The van der Waals surface area contributed by atoms with E-state index < -0.39 is 23.6 Å². The minimum Gasteiger partial charge on any atom is -0.548 e. The largest absolute Gasteiger partial charge is 0.548 e. The van der Waals surface area contributed by atoms with Gasteiger partial charge in [0.25, 0.3) is 11.8 Å². The highest BCUT2D eigenvalue weighted by molar-refractivity contribution is 5.96. The van der Waals surface area contributed by atoms with E-state index in [4.69, 9.17) is 13.9 Å². The van der Waals surface area contributed by atoms with Gasteiger partial charge in [-0.1, -0.05) is 6.07 Å². The van der Waals surface area contributed by atoms with Gasteiger partial charge in [-0.3, -0.25) is 14.5 Å². The number of rotatable bonds is 4. The van der Waals surface area contributed by atoms with Crippen LogP contribution in [-0.2, 0) is 9.53 Å². The maximum atomic E-state index is 13.0. The Morgan fingerprint density at radius 3 is 2.53 bits per heavy atom. The summed E-state index contributed by atoms with van der Waals surface area (Å²) in [5, 5.41) is 11.6. The third-order valence-corrected chi connectivity index (χ3v) is 5.63. The first-order valence-corrected chi connectivity index (χ1v) is 9.60. The van der Waals surface area contributed by atoms with E-state index in [1.807, 2.05) is 0 Å². The average molecular weight is 413 g/mol. The number of furan rings is 1. The van der Waals surface area contributed by atoms with Gasteiger partial charge in [0, 0.05) is 31.5 Å². The number of benzene rings is 1. The maximum absolute atomic E-state index is 13.0. The van der Waals surface area contributed by atoms with Crippen LogP contribution < -0.4 is 9.84 Å². The van der Waals surface area contributed by atoms with Gasteiger partial charge in [-0.05, 0) is 30.3 Å². The third-order valence-electron chi connectivity index (χ3n) is 5.63. The fourth-order valence-corrected chi connectivity index (χ4v) is 4.06. The smallest absolute Gasteiger partial charge is 0.292 e. The Hall–Kier alpha value is -3.33. The van der Waals surface area contributed by atoms with Gasteiger partial charge in [0.05, 0.1) is 32.0 Å². The van der Waals surface area contributed by atoms with Crippen molar-refractivity contribution in [3.63, 3.8) is 0 Å². The highest BCUT2D eigenvalue weighted by atomic mass is 16.5. The molecule has 0 radical (unpaired) electrons. The Labute approximate surface area is 172 Å². The number of piperidine rings is 1. The molecule has 3 heterocycles. The van der Waals surface area contributed by atoms with E-state index >= 15 is 0 Å². The number of carboxylic acid groups (broad SMARTS) is 1. The van der Waals surface area contributed by atoms with Gasteiger partial charge in [0.1, 0.15) is 11.5 Å². The van der Waals surface area contributed by atoms with Crippen LogP contribution in [-0.4, -0.2) is 66.2 Å². The normalized spacial score (nSPS) is 20.4. The number of methoxy groups -OCH3 is 1. The van der Waals surface area contributed by atoms with Gasteiger partial charge in [-0.2, -0.15) is 0 Å². The molecule has 0 saturated carbocycles. The number of nitrogens with zero attached hydrogens (tertiary/aromatic N) is 2. The number of carbonyl (C=O) groups is 3. The summed E-state index contributed by atoms with van der Waals surface area (Å²) in [4.78, 5) is 40.3. The van der Waals surface area contributed by atoms with Crippen LogP contribution in [0.4, 0.5) is 0 Å². The van der Waals surface area contributed by atoms with Gasteiger partial charge in [0.2, 0.25) is 0 Å². The Bertz CT molecular complexity index is 948. The SMILES string of the molecule is COc1cccc(C(=O)N2CCC3(CC2)OC[C@@H](C(=O)[O-])N3C(=O)c2ccco2)c1. The Morgan fingerprint density at radius 2 is 1.90 bits per heavy atom. The van der Waals surface area contributed by atoms with Crippen molar-refractivity contribution in [3.8, 4) is 5.75 Å². The summed E-state index contributed by atoms with van der Waals surface area (Å²) in [7, 11) is 1.53. The molecule has 4 rings (SSSR count). The molecule has 2 aliphatic heterocycles. The van der Waals surface area contributed by atoms with Crippen LogP contribution in [0.3, 0.4) is 0 Å². The van der Waals surface area contributed by atoms with E-state index in [1.54, 1.807) is 35.2 Å². The highest BCUT2D eigenvalue weighted by Crippen LogP contribution is 2.38. The first kappa shape index (κ1) is 20.0. The second-order valence-electron chi connectivity index (χ2n) is 7.27. The first-order chi connectivity index (χ1) is 14.4. The molecule has 0 aliphatic carbocycles. The molecule has 1 aromatic carbocycles. The van der Waals surface area contributed by atoms with Gasteiger partial charge in [-0.15, -0.1) is 0 Å². The van der Waals surface area contributed by atoms with Crippen molar-refractivity contribution in [2.24, 2.45) is 0 Å². The molecular formula is C21H21N2O7-. The quantitative estimate of drug-likeness (QED) is 0.718. The highest BCUT2D eigenvalue weighted by Gasteiger charge is 2.53. The number of hydrogen-bond acceptors (Lipinski definition) is 7. The fourth-order valence-electron chi connectivity index (χ4n) is 4.06. The fraction of sp³-hybridized carbons (Fsp3) is 0.381. The summed E-state index contributed by atoms with van der Waals surface area (Å²) in [6.45, 7) is 0.439. The molecule has 0 N–H and O–H groups in total. The molecule has 1 aromatic heterocycles. The Kier molecular flexibility index (Phi) is 5.21. The summed E-state index contributed by atoms with van der Waals surface area (Å²) >= 11 is 0. The zero-order valence-electron chi connectivity index (χ0n) is 16.4. The lowest BCUT2D eigenvalue weighted by atomic mass is 9.96. The maximum Gasteiger partial charge on any atom is 0.292 e. The minimum absolute atomic E-state index is 0.0287. The van der Waals surface area contributed by atoms with E-state index in [2.05, 4.69) is 0 Å². The van der Waals surface area contributed by atoms with Crippen molar-refractivity contribution in [1.29, 1.82) is 0 Å². The Morgan fingerprint density at radius 1 is 1.13 bits per heavy atom. The molecule has 2 amide bonds. The van der Waals surface area contributed by atoms with E-state index in [0.29, 0.717) is 24.4 Å². The predicted molar refractivity (Wildman–Crippen MR) is 100 cm³/mol. The molecule has 1 spiro atoms. The van der Waals surface area contributed by atoms with Crippen LogP contribution in [0, 0.1) is 0 Å². The number of carbonyl (C=O) groups excluding carboxylic acids is 3. The lowest BCUT2D eigenvalue weighted by molar-refractivity contribution is -0.310. The minimum atomic E-state index is -1.39. The standard InChI is InChI=1S/C21H22N2O7/c1-28-15-5-2-4-14(12-15)18(24)22-9-7-21(8-10-22)23(16(13-30-21)20(26)27)19(25)17-6-3-11-29-17/h2-6,11-12,16H,7-10,13H2,1H3,(H,26,27)/p-1/t16-/m0/s1. The molecule has 2 fully saturated rings. The summed E-state index contributed by atoms with van der Waals surface area (Å²) < 4.78 is 16.2. The molecular weight excluding hydrogens is 392 g/mol. The van der Waals surface area contributed by atoms with Crippen LogP contribution >= 0.6 is 0 Å². The number of carboxylic acids is 1. The second-order valence-corrected chi connectivity index (χ2v) is 7.27. The van der Waals surface area contributed by atoms with Gasteiger partial charge in [-0.25, -0.2) is 0 Å². The average Bonchev–Trinajstić information content (AvgIpc) is 3.42. The molecule has 0 bridgehead atoms. The topological polar surface area (TPSA) is 112 Å². The van der Waals surface area contributed by atoms with Crippen molar-refractivity contribution in [1.82, 2.24) is 9.80 Å². The lowest BCUT2D eigenvalue weighted by Gasteiger charge is -2.44. The third kappa shape index (κ3) is 3.41. The number of hydrogen-bond donors (Lipinski definition) is 0. The number of aliphatic carboxylic acids is 1. The molecule has 30 heavy (non-hydrogen) atoms. The molecule has 9 heteroatoms. The van der Waals surface area contributed by atoms with Crippen molar-refractivity contribution in [2.45, 2.75) is 24.6 Å². The monoisotopic (exact) mass is 413 g/mol. The van der Waals surface area contributed by atoms with Crippen LogP contribution in [0.1, 0.15) is 33.8 Å². The van der Waals surface area contributed by atoms with Crippen molar-refractivity contribution >= 4 is 17.8 Å². The van der Waals surface area contributed by atoms with Crippen LogP contribution in [0.5, 0.6) is 5.75 Å². The van der Waals surface area contributed by atoms with E-state index in [1.165, 1.54) is 24.3 Å². The number of likely N-dealkylation sites (tertiary alicyclic amines) is 1. The van der Waals surface area contributed by atoms with Crippen LogP contribution in [0.25, 0.3) is 0 Å². The number of amides is 2. The zero-order chi connectivity index (χ0) is 21.3. The Balaban J connectivity index is 1.53. The van der Waals surface area contributed by atoms with Crippen molar-refractivity contribution in [3.05, 3.63) is 54.0 Å². The molecule has 158 valence electrons.